The minimum Gasteiger partial charge on any atom is -0.465 e. The molecule has 0 bridgehead atoms. The zero-order valence-corrected chi connectivity index (χ0v) is 10.8. The second-order valence-electron chi connectivity index (χ2n) is 3.89. The van der Waals surface area contributed by atoms with Gasteiger partial charge in [-0.15, -0.1) is 0 Å². The van der Waals surface area contributed by atoms with E-state index in [1.165, 1.54) is 19.4 Å². The van der Waals surface area contributed by atoms with Gasteiger partial charge in [0.25, 0.3) is 0 Å². The molecule has 2 rings (SSSR count). The number of pyridine rings is 1. The minimum absolute atomic E-state index is 0.173. The van der Waals surface area contributed by atoms with Gasteiger partial charge in [0, 0.05) is 6.20 Å². The molecule has 6 heteroatoms. The van der Waals surface area contributed by atoms with Gasteiger partial charge in [-0.2, -0.15) is 5.26 Å². The largest absolute Gasteiger partial charge is 0.465 e. The number of esters is 1. The summed E-state index contributed by atoms with van der Waals surface area (Å²) in [5, 5.41) is 12.0. The zero-order valence-electron chi connectivity index (χ0n) is 10.8. The van der Waals surface area contributed by atoms with Gasteiger partial charge in [-0.3, -0.25) is 0 Å². The van der Waals surface area contributed by atoms with Crippen LogP contribution in [-0.2, 0) is 4.74 Å². The van der Waals surface area contributed by atoms with Crippen LogP contribution in [0.4, 0.5) is 17.2 Å². The number of carbonyl (C=O) groups is 1. The molecule has 1 heterocycles. The van der Waals surface area contributed by atoms with Crippen molar-refractivity contribution in [1.29, 1.82) is 5.26 Å². The molecule has 0 saturated heterocycles. The van der Waals surface area contributed by atoms with E-state index >= 15 is 0 Å². The highest BCUT2D eigenvalue weighted by Crippen LogP contribution is 2.25. The van der Waals surface area contributed by atoms with Crippen molar-refractivity contribution >= 4 is 23.2 Å². The van der Waals surface area contributed by atoms with Gasteiger partial charge in [-0.05, 0) is 18.2 Å². The molecule has 0 spiro atoms. The van der Waals surface area contributed by atoms with E-state index in [0.717, 1.165) is 0 Å². The van der Waals surface area contributed by atoms with E-state index in [4.69, 9.17) is 11.0 Å². The number of nitrogen functional groups attached to an aromatic ring is 1. The Kier molecular flexibility index (Phi) is 3.82. The molecule has 1 aromatic carbocycles. The summed E-state index contributed by atoms with van der Waals surface area (Å²) in [7, 11) is 1.28. The third kappa shape index (κ3) is 2.52. The van der Waals surface area contributed by atoms with E-state index in [1.807, 2.05) is 0 Å². The molecule has 1 aromatic heterocycles. The first-order valence-electron chi connectivity index (χ1n) is 5.76. The highest BCUT2D eigenvalue weighted by atomic mass is 16.5. The smallest absolute Gasteiger partial charge is 0.340 e. The molecule has 0 fully saturated rings. The number of nitrogens with two attached hydrogens (primary N) is 1. The fraction of sp³-hybridized carbons (Fsp3) is 0.0714. The molecule has 100 valence electrons. The van der Waals surface area contributed by atoms with Crippen LogP contribution in [0.5, 0.6) is 0 Å². The number of methoxy groups -OCH3 is 1. The molecule has 0 unspecified atom stereocenters. The Morgan fingerprint density at radius 1 is 1.40 bits per heavy atom. The molecule has 6 nitrogen and oxygen atoms in total. The fourth-order valence-electron chi connectivity index (χ4n) is 1.68. The number of anilines is 3. The topological polar surface area (TPSA) is 101 Å². The molecular weight excluding hydrogens is 256 g/mol. The lowest BCUT2D eigenvalue weighted by molar-refractivity contribution is 0.0602. The predicted molar refractivity (Wildman–Crippen MR) is 74.4 cm³/mol. The number of nitriles is 1. The van der Waals surface area contributed by atoms with Crippen LogP contribution in [0.1, 0.15) is 15.9 Å². The molecule has 0 aliphatic heterocycles. The fourth-order valence-corrected chi connectivity index (χ4v) is 1.68. The van der Waals surface area contributed by atoms with Gasteiger partial charge in [-0.25, -0.2) is 9.78 Å². The summed E-state index contributed by atoms with van der Waals surface area (Å²) >= 11 is 0. The average Bonchev–Trinajstić information content (AvgIpc) is 2.49. The van der Waals surface area contributed by atoms with Crippen LogP contribution in [-0.4, -0.2) is 18.1 Å². The third-order valence-electron chi connectivity index (χ3n) is 2.70. The summed E-state index contributed by atoms with van der Waals surface area (Å²) < 4.78 is 4.64. The molecule has 0 atom stereocenters. The van der Waals surface area contributed by atoms with Crippen molar-refractivity contribution in [2.75, 3.05) is 18.2 Å². The molecule has 0 aliphatic carbocycles. The van der Waals surface area contributed by atoms with Crippen LogP contribution in [0.3, 0.4) is 0 Å². The number of hydrogen-bond donors (Lipinski definition) is 2. The number of ether oxygens (including phenoxy) is 1. The standard InChI is InChI=1S/C14H12N4O2/c1-20-14(19)10-6-7-17-13(12(10)16)18-11-5-3-2-4-9(11)8-15/h2-7H,16H2,1H3,(H,17,18). The summed E-state index contributed by atoms with van der Waals surface area (Å²) in [6.45, 7) is 0. The second kappa shape index (κ2) is 5.71. The van der Waals surface area contributed by atoms with Crippen molar-refractivity contribution in [3.05, 3.63) is 47.7 Å². The van der Waals surface area contributed by atoms with E-state index in [2.05, 4.69) is 21.1 Å². The Morgan fingerprint density at radius 3 is 2.85 bits per heavy atom. The predicted octanol–water partition coefficient (Wildman–Crippen LogP) is 2.07. The van der Waals surface area contributed by atoms with E-state index in [-0.39, 0.29) is 11.3 Å². The van der Waals surface area contributed by atoms with E-state index in [0.29, 0.717) is 17.1 Å². The first-order valence-corrected chi connectivity index (χ1v) is 5.76. The molecule has 2 aromatic rings. The third-order valence-corrected chi connectivity index (χ3v) is 2.70. The number of benzene rings is 1. The van der Waals surface area contributed by atoms with Crippen LogP contribution in [0.2, 0.25) is 0 Å². The van der Waals surface area contributed by atoms with E-state index in [1.54, 1.807) is 24.3 Å². The number of nitrogens with zero attached hydrogens (tertiary/aromatic N) is 2. The van der Waals surface area contributed by atoms with Crippen molar-refractivity contribution in [1.82, 2.24) is 4.98 Å². The first kappa shape index (κ1) is 13.4. The van der Waals surface area contributed by atoms with E-state index < -0.39 is 5.97 Å². The molecule has 20 heavy (non-hydrogen) atoms. The summed E-state index contributed by atoms with van der Waals surface area (Å²) in [6.07, 6.45) is 1.44. The molecular formula is C14H12N4O2. The van der Waals surface area contributed by atoms with Crippen LogP contribution in [0.25, 0.3) is 0 Å². The van der Waals surface area contributed by atoms with Gasteiger partial charge in [0.1, 0.15) is 6.07 Å². The SMILES string of the molecule is COC(=O)c1ccnc(Nc2ccccc2C#N)c1N. The maximum atomic E-state index is 11.6. The Balaban J connectivity index is 2.40. The van der Waals surface area contributed by atoms with Crippen molar-refractivity contribution in [3.63, 3.8) is 0 Å². The highest BCUT2D eigenvalue weighted by Gasteiger charge is 2.14. The van der Waals surface area contributed by atoms with Crippen LogP contribution < -0.4 is 11.1 Å². The lowest BCUT2D eigenvalue weighted by atomic mass is 10.2. The van der Waals surface area contributed by atoms with Gasteiger partial charge >= 0.3 is 5.97 Å². The average molecular weight is 268 g/mol. The van der Waals surface area contributed by atoms with Crippen LogP contribution >= 0.6 is 0 Å². The summed E-state index contributed by atoms with van der Waals surface area (Å²) in [5.74, 6) is -0.239. The van der Waals surface area contributed by atoms with Gasteiger partial charge in [0.05, 0.1) is 29.6 Å². The minimum atomic E-state index is -0.540. The molecule has 3 N–H and O–H groups in total. The maximum Gasteiger partial charge on any atom is 0.340 e. The Morgan fingerprint density at radius 2 is 2.15 bits per heavy atom. The van der Waals surface area contributed by atoms with E-state index in [9.17, 15) is 4.79 Å². The Hall–Kier alpha value is -3.07. The molecule has 0 aliphatic rings. The summed E-state index contributed by atoms with van der Waals surface area (Å²) in [5.41, 5.74) is 7.31. The number of rotatable bonds is 3. The number of para-hydroxylation sites is 1. The molecule has 0 amide bonds. The van der Waals surface area contributed by atoms with Crippen molar-refractivity contribution in [2.24, 2.45) is 0 Å². The number of carbonyl (C=O) groups excluding carboxylic acids is 1. The highest BCUT2D eigenvalue weighted by molar-refractivity contribution is 5.98. The monoisotopic (exact) mass is 268 g/mol. The van der Waals surface area contributed by atoms with Crippen molar-refractivity contribution in [2.45, 2.75) is 0 Å². The Bertz CT molecular complexity index is 692. The van der Waals surface area contributed by atoms with Crippen molar-refractivity contribution < 1.29 is 9.53 Å². The zero-order chi connectivity index (χ0) is 14.5. The van der Waals surface area contributed by atoms with Crippen molar-refractivity contribution in [3.8, 4) is 6.07 Å². The van der Waals surface area contributed by atoms with Crippen LogP contribution in [0.15, 0.2) is 36.5 Å². The summed E-state index contributed by atoms with van der Waals surface area (Å²) in [6, 6.07) is 10.5. The molecule has 0 radical (unpaired) electrons. The normalized spacial score (nSPS) is 9.60. The number of nitrogens with one attached hydrogen (secondary N) is 1. The van der Waals surface area contributed by atoms with Crippen LogP contribution in [0, 0.1) is 11.3 Å². The lowest BCUT2D eigenvalue weighted by Crippen LogP contribution is -2.09. The first-order chi connectivity index (χ1) is 9.67. The van der Waals surface area contributed by atoms with Gasteiger partial charge in [0.15, 0.2) is 5.82 Å². The summed E-state index contributed by atoms with van der Waals surface area (Å²) in [4.78, 5) is 15.6. The van der Waals surface area contributed by atoms with Gasteiger partial charge < -0.3 is 15.8 Å². The number of aromatic nitrogens is 1. The quantitative estimate of drug-likeness (QED) is 0.826. The van der Waals surface area contributed by atoms with Gasteiger partial charge in [0.2, 0.25) is 0 Å². The molecule has 0 saturated carbocycles. The van der Waals surface area contributed by atoms with Gasteiger partial charge in [-0.1, -0.05) is 12.1 Å². The Labute approximate surface area is 115 Å². The maximum absolute atomic E-state index is 11.6. The second-order valence-corrected chi connectivity index (χ2v) is 3.89. The lowest BCUT2D eigenvalue weighted by Gasteiger charge is -2.11. The number of hydrogen-bond acceptors (Lipinski definition) is 6.